The molecule has 1 atom stereocenters. The molecule has 0 saturated heterocycles. The molecule has 0 aromatic heterocycles. The number of ether oxygens (including phenoxy) is 1. The molecule has 1 aliphatic carbocycles. The van der Waals surface area contributed by atoms with Crippen LogP contribution in [0.2, 0.25) is 10.0 Å². The normalized spacial score (nSPS) is 17.0. The Balaban J connectivity index is 1.64. The van der Waals surface area contributed by atoms with Gasteiger partial charge in [-0.25, -0.2) is 0 Å². The molecule has 0 N–H and O–H groups in total. The third-order valence-corrected chi connectivity index (χ3v) is 5.13. The Morgan fingerprint density at radius 3 is 2.67 bits per heavy atom. The van der Waals surface area contributed by atoms with Gasteiger partial charge in [0.05, 0.1) is 0 Å². The van der Waals surface area contributed by atoms with Crippen molar-refractivity contribution in [3.8, 4) is 5.75 Å². The van der Waals surface area contributed by atoms with E-state index in [2.05, 4.69) is 37.2 Å². The third kappa shape index (κ3) is 4.44. The van der Waals surface area contributed by atoms with Crippen molar-refractivity contribution in [1.29, 1.82) is 0 Å². The van der Waals surface area contributed by atoms with E-state index in [1.807, 2.05) is 12.1 Å². The number of rotatable bonds is 5. The highest BCUT2D eigenvalue weighted by atomic mass is 35.5. The fourth-order valence-corrected chi connectivity index (χ4v) is 3.83. The van der Waals surface area contributed by atoms with Crippen molar-refractivity contribution < 1.29 is 4.74 Å². The summed E-state index contributed by atoms with van der Waals surface area (Å²) in [4.78, 5) is 2.28. The highest BCUT2D eigenvalue weighted by Gasteiger charge is 2.19. The second-order valence-electron chi connectivity index (χ2n) is 6.83. The van der Waals surface area contributed by atoms with Gasteiger partial charge >= 0.3 is 0 Å². The molecule has 0 heterocycles. The van der Waals surface area contributed by atoms with Gasteiger partial charge in [-0.2, -0.15) is 0 Å². The second-order valence-corrected chi connectivity index (χ2v) is 7.67. The van der Waals surface area contributed by atoms with Gasteiger partial charge in [-0.15, -0.1) is 0 Å². The van der Waals surface area contributed by atoms with Crippen LogP contribution in [0.25, 0.3) is 0 Å². The summed E-state index contributed by atoms with van der Waals surface area (Å²) in [6, 6.07) is 12.0. The molecule has 24 heavy (non-hydrogen) atoms. The topological polar surface area (TPSA) is 12.5 Å². The average Bonchev–Trinajstić information content (AvgIpc) is 2.53. The summed E-state index contributed by atoms with van der Waals surface area (Å²) in [5.41, 5.74) is 3.83. The first-order valence-electron chi connectivity index (χ1n) is 8.34. The fourth-order valence-electron chi connectivity index (χ4n) is 3.37. The molecule has 0 bridgehead atoms. The summed E-state index contributed by atoms with van der Waals surface area (Å²) < 4.78 is 5.93. The Morgan fingerprint density at radius 2 is 1.92 bits per heavy atom. The van der Waals surface area contributed by atoms with Crippen molar-refractivity contribution >= 4 is 23.2 Å². The Bertz CT molecular complexity index is 715. The third-order valence-electron chi connectivity index (χ3n) is 4.54. The van der Waals surface area contributed by atoms with Gasteiger partial charge < -0.3 is 9.64 Å². The summed E-state index contributed by atoms with van der Waals surface area (Å²) in [5, 5.41) is 1.29. The molecule has 0 amide bonds. The summed E-state index contributed by atoms with van der Waals surface area (Å²) in [6.07, 6.45) is 3.54. The van der Waals surface area contributed by atoms with E-state index in [0.29, 0.717) is 16.7 Å². The molecular weight excluding hydrogens is 341 g/mol. The van der Waals surface area contributed by atoms with Crippen molar-refractivity contribution in [2.75, 3.05) is 20.6 Å². The zero-order valence-electron chi connectivity index (χ0n) is 14.2. The SMILES string of the molecule is CN(C)CC1CCc2cc(OCc3ccc(Cl)cc3Cl)ccc2C1. The van der Waals surface area contributed by atoms with Crippen LogP contribution in [0.4, 0.5) is 0 Å². The van der Waals surface area contributed by atoms with E-state index in [0.717, 1.165) is 36.6 Å². The number of hydrogen-bond acceptors (Lipinski definition) is 2. The molecule has 128 valence electrons. The Labute approximate surface area is 154 Å². The van der Waals surface area contributed by atoms with Gasteiger partial charge in [0.25, 0.3) is 0 Å². The molecule has 2 aromatic rings. The number of fused-ring (bicyclic) bond motifs is 1. The molecule has 1 unspecified atom stereocenters. The zero-order chi connectivity index (χ0) is 17.1. The number of aryl methyl sites for hydroxylation is 1. The van der Waals surface area contributed by atoms with E-state index in [1.165, 1.54) is 17.5 Å². The van der Waals surface area contributed by atoms with Crippen LogP contribution in [0.15, 0.2) is 36.4 Å². The summed E-state index contributed by atoms with van der Waals surface area (Å²) in [6.45, 7) is 1.62. The van der Waals surface area contributed by atoms with Gasteiger partial charge in [-0.1, -0.05) is 35.3 Å². The van der Waals surface area contributed by atoms with E-state index in [4.69, 9.17) is 27.9 Å². The van der Waals surface area contributed by atoms with Crippen LogP contribution in [0.5, 0.6) is 5.75 Å². The van der Waals surface area contributed by atoms with Gasteiger partial charge in [0.15, 0.2) is 0 Å². The van der Waals surface area contributed by atoms with Crippen LogP contribution in [0.3, 0.4) is 0 Å². The van der Waals surface area contributed by atoms with Gasteiger partial charge in [-0.05, 0) is 74.7 Å². The van der Waals surface area contributed by atoms with E-state index in [-0.39, 0.29) is 0 Å². The maximum atomic E-state index is 6.20. The number of halogens is 2. The highest BCUT2D eigenvalue weighted by molar-refractivity contribution is 6.35. The van der Waals surface area contributed by atoms with Crippen LogP contribution in [-0.2, 0) is 19.4 Å². The van der Waals surface area contributed by atoms with Gasteiger partial charge in [0, 0.05) is 22.2 Å². The molecule has 3 rings (SSSR count). The molecule has 0 saturated carbocycles. The number of hydrogen-bond donors (Lipinski definition) is 0. The minimum absolute atomic E-state index is 0.456. The molecule has 4 heteroatoms. The predicted octanol–water partition coefficient (Wildman–Crippen LogP) is 5.24. The quantitative estimate of drug-likeness (QED) is 0.720. The molecule has 0 aliphatic heterocycles. The molecular formula is C20H23Cl2NO. The molecule has 0 spiro atoms. The lowest BCUT2D eigenvalue weighted by molar-refractivity contribution is 0.297. The second kappa shape index (κ2) is 7.77. The lowest BCUT2D eigenvalue weighted by Crippen LogP contribution is -2.26. The van der Waals surface area contributed by atoms with E-state index in [9.17, 15) is 0 Å². The first-order valence-corrected chi connectivity index (χ1v) is 9.10. The minimum Gasteiger partial charge on any atom is -0.489 e. The van der Waals surface area contributed by atoms with Crippen LogP contribution in [0.1, 0.15) is 23.1 Å². The fraction of sp³-hybridized carbons (Fsp3) is 0.400. The van der Waals surface area contributed by atoms with Crippen molar-refractivity contribution in [3.05, 3.63) is 63.1 Å². The van der Waals surface area contributed by atoms with Gasteiger partial charge in [-0.3, -0.25) is 0 Å². The summed E-state index contributed by atoms with van der Waals surface area (Å²) in [7, 11) is 4.29. The Kier molecular flexibility index (Phi) is 5.70. The monoisotopic (exact) mass is 363 g/mol. The van der Waals surface area contributed by atoms with Crippen molar-refractivity contribution in [2.45, 2.75) is 25.9 Å². The molecule has 2 nitrogen and oxygen atoms in total. The van der Waals surface area contributed by atoms with E-state index < -0.39 is 0 Å². The molecule has 2 aromatic carbocycles. The number of benzene rings is 2. The summed E-state index contributed by atoms with van der Waals surface area (Å²) >= 11 is 12.1. The smallest absolute Gasteiger partial charge is 0.120 e. The molecule has 1 aliphatic rings. The lowest BCUT2D eigenvalue weighted by Gasteiger charge is -2.27. The highest BCUT2D eigenvalue weighted by Crippen LogP contribution is 2.30. The number of nitrogens with zero attached hydrogens (tertiary/aromatic N) is 1. The first kappa shape index (κ1) is 17.6. The van der Waals surface area contributed by atoms with Gasteiger partial charge in [0.1, 0.15) is 12.4 Å². The maximum absolute atomic E-state index is 6.20. The van der Waals surface area contributed by atoms with E-state index >= 15 is 0 Å². The summed E-state index contributed by atoms with van der Waals surface area (Å²) in [5.74, 6) is 1.66. The molecule has 0 radical (unpaired) electrons. The van der Waals surface area contributed by atoms with Crippen LogP contribution in [0, 0.1) is 5.92 Å². The predicted molar refractivity (Wildman–Crippen MR) is 101 cm³/mol. The largest absolute Gasteiger partial charge is 0.489 e. The first-order chi connectivity index (χ1) is 11.5. The Morgan fingerprint density at radius 1 is 1.08 bits per heavy atom. The van der Waals surface area contributed by atoms with Crippen LogP contribution in [-0.4, -0.2) is 25.5 Å². The zero-order valence-corrected chi connectivity index (χ0v) is 15.7. The van der Waals surface area contributed by atoms with E-state index in [1.54, 1.807) is 6.07 Å². The standard InChI is InChI=1S/C20H23Cl2NO/c1-23(2)12-14-3-4-16-10-19(8-6-15(16)9-14)24-13-17-5-7-18(21)11-20(17)22/h5-8,10-11,14H,3-4,9,12-13H2,1-2H3. The Hall–Kier alpha value is -1.22. The van der Waals surface area contributed by atoms with Crippen LogP contribution >= 0.6 is 23.2 Å². The van der Waals surface area contributed by atoms with Crippen molar-refractivity contribution in [3.63, 3.8) is 0 Å². The van der Waals surface area contributed by atoms with Crippen molar-refractivity contribution in [2.24, 2.45) is 5.92 Å². The lowest BCUT2D eigenvalue weighted by atomic mass is 9.83. The molecule has 0 fully saturated rings. The van der Waals surface area contributed by atoms with Gasteiger partial charge in [0.2, 0.25) is 0 Å². The minimum atomic E-state index is 0.456. The van der Waals surface area contributed by atoms with Crippen molar-refractivity contribution in [1.82, 2.24) is 4.90 Å². The average molecular weight is 364 g/mol. The maximum Gasteiger partial charge on any atom is 0.120 e. The van der Waals surface area contributed by atoms with Crippen LogP contribution < -0.4 is 4.74 Å².